The molecule has 1 unspecified atom stereocenters. The number of hydrogen-bond acceptors (Lipinski definition) is 2. The molecule has 2 nitrogen and oxygen atoms in total. The maximum atomic E-state index is 13.0. The summed E-state index contributed by atoms with van der Waals surface area (Å²) in [6.07, 6.45) is 3.73. The lowest BCUT2D eigenvalue weighted by Crippen LogP contribution is -2.42. The molecule has 0 radical (unpaired) electrons. The average molecular weight is 254 g/mol. The molecule has 0 spiro atoms. The van der Waals surface area contributed by atoms with Crippen molar-refractivity contribution in [1.29, 1.82) is 0 Å². The van der Waals surface area contributed by atoms with E-state index >= 15 is 0 Å². The highest BCUT2D eigenvalue weighted by Gasteiger charge is 2.17. The van der Waals surface area contributed by atoms with Crippen LogP contribution in [0.1, 0.15) is 24.8 Å². The SMILES string of the molecule is CN1CCCCC1CNCc1cc(F)cc(F)c1. The summed E-state index contributed by atoms with van der Waals surface area (Å²) in [5.74, 6) is -1.02. The van der Waals surface area contributed by atoms with Gasteiger partial charge in [-0.3, -0.25) is 0 Å². The normalized spacial score (nSPS) is 21.2. The van der Waals surface area contributed by atoms with Gasteiger partial charge in [0.2, 0.25) is 0 Å². The summed E-state index contributed by atoms with van der Waals surface area (Å²) >= 11 is 0. The fourth-order valence-corrected chi connectivity index (χ4v) is 2.50. The van der Waals surface area contributed by atoms with Gasteiger partial charge in [-0.2, -0.15) is 0 Å². The molecule has 1 fully saturated rings. The van der Waals surface area contributed by atoms with E-state index in [0.717, 1.165) is 19.2 Å². The lowest BCUT2D eigenvalue weighted by Gasteiger charge is -2.32. The minimum atomic E-state index is -0.512. The van der Waals surface area contributed by atoms with Crippen molar-refractivity contribution in [2.24, 2.45) is 0 Å². The van der Waals surface area contributed by atoms with Gasteiger partial charge in [0.25, 0.3) is 0 Å². The molecule has 2 rings (SSSR count). The van der Waals surface area contributed by atoms with Crippen LogP contribution in [0.2, 0.25) is 0 Å². The predicted molar refractivity (Wildman–Crippen MR) is 68.3 cm³/mol. The maximum absolute atomic E-state index is 13.0. The van der Waals surface area contributed by atoms with Gasteiger partial charge >= 0.3 is 0 Å². The van der Waals surface area contributed by atoms with Crippen molar-refractivity contribution < 1.29 is 8.78 Å². The van der Waals surface area contributed by atoms with Crippen molar-refractivity contribution in [3.8, 4) is 0 Å². The smallest absolute Gasteiger partial charge is 0.126 e. The minimum absolute atomic E-state index is 0.512. The molecule has 1 aromatic rings. The number of benzene rings is 1. The van der Waals surface area contributed by atoms with Gasteiger partial charge in [-0.1, -0.05) is 6.42 Å². The number of piperidine rings is 1. The van der Waals surface area contributed by atoms with Crippen molar-refractivity contribution >= 4 is 0 Å². The van der Waals surface area contributed by atoms with Crippen LogP contribution >= 0.6 is 0 Å². The minimum Gasteiger partial charge on any atom is -0.311 e. The van der Waals surface area contributed by atoms with Crippen molar-refractivity contribution in [2.45, 2.75) is 31.8 Å². The van der Waals surface area contributed by atoms with Crippen LogP contribution in [0.5, 0.6) is 0 Å². The van der Waals surface area contributed by atoms with Crippen molar-refractivity contribution in [2.75, 3.05) is 20.1 Å². The van der Waals surface area contributed by atoms with Gasteiger partial charge in [0.15, 0.2) is 0 Å². The molecular weight excluding hydrogens is 234 g/mol. The fourth-order valence-electron chi connectivity index (χ4n) is 2.50. The summed E-state index contributed by atoms with van der Waals surface area (Å²) in [6, 6.07) is 4.19. The highest BCUT2D eigenvalue weighted by Crippen LogP contribution is 2.14. The molecule has 4 heteroatoms. The van der Waals surface area contributed by atoms with Crippen molar-refractivity contribution in [1.82, 2.24) is 10.2 Å². The van der Waals surface area contributed by atoms with E-state index in [1.165, 1.54) is 31.4 Å². The van der Waals surface area contributed by atoms with E-state index < -0.39 is 11.6 Å². The van der Waals surface area contributed by atoms with Crippen LogP contribution < -0.4 is 5.32 Å². The molecule has 1 heterocycles. The Labute approximate surface area is 107 Å². The van der Waals surface area contributed by atoms with E-state index in [1.807, 2.05) is 0 Å². The summed E-state index contributed by atoms with van der Waals surface area (Å²) in [5.41, 5.74) is 0.658. The monoisotopic (exact) mass is 254 g/mol. The van der Waals surface area contributed by atoms with E-state index in [1.54, 1.807) is 0 Å². The van der Waals surface area contributed by atoms with E-state index in [-0.39, 0.29) is 0 Å². The zero-order valence-corrected chi connectivity index (χ0v) is 10.8. The number of likely N-dealkylation sites (tertiary alicyclic amines) is 1. The Morgan fingerprint density at radius 1 is 1.22 bits per heavy atom. The van der Waals surface area contributed by atoms with Gasteiger partial charge in [0.1, 0.15) is 11.6 Å². The largest absolute Gasteiger partial charge is 0.311 e. The summed E-state index contributed by atoms with van der Waals surface area (Å²) in [4.78, 5) is 2.35. The number of rotatable bonds is 4. The summed E-state index contributed by atoms with van der Waals surface area (Å²) in [7, 11) is 2.13. The highest BCUT2D eigenvalue weighted by atomic mass is 19.1. The van der Waals surface area contributed by atoms with E-state index in [4.69, 9.17) is 0 Å². The van der Waals surface area contributed by atoms with Crippen LogP contribution in [0, 0.1) is 11.6 Å². The molecule has 0 aliphatic carbocycles. The first-order valence-electron chi connectivity index (χ1n) is 6.51. The van der Waals surface area contributed by atoms with E-state index in [2.05, 4.69) is 17.3 Å². The quantitative estimate of drug-likeness (QED) is 0.888. The van der Waals surface area contributed by atoms with Crippen molar-refractivity contribution in [3.05, 3.63) is 35.4 Å². The zero-order chi connectivity index (χ0) is 13.0. The Balaban J connectivity index is 1.80. The topological polar surface area (TPSA) is 15.3 Å². The van der Waals surface area contributed by atoms with Gasteiger partial charge in [-0.25, -0.2) is 8.78 Å². The average Bonchev–Trinajstić information content (AvgIpc) is 2.30. The van der Waals surface area contributed by atoms with E-state index in [0.29, 0.717) is 18.2 Å². The second-order valence-corrected chi connectivity index (χ2v) is 5.04. The lowest BCUT2D eigenvalue weighted by molar-refractivity contribution is 0.181. The number of hydrogen-bond donors (Lipinski definition) is 1. The molecule has 1 atom stereocenters. The standard InChI is InChI=1S/C14H20F2N2/c1-18-5-3-2-4-14(18)10-17-9-11-6-12(15)8-13(16)7-11/h6-8,14,17H,2-5,9-10H2,1H3. The first-order chi connectivity index (χ1) is 8.65. The van der Waals surface area contributed by atoms with Crippen LogP contribution in [0.3, 0.4) is 0 Å². The first-order valence-corrected chi connectivity index (χ1v) is 6.51. The molecule has 1 N–H and O–H groups in total. The third kappa shape index (κ3) is 3.75. The lowest BCUT2D eigenvalue weighted by atomic mass is 10.0. The molecule has 18 heavy (non-hydrogen) atoms. The molecule has 0 saturated carbocycles. The summed E-state index contributed by atoms with van der Waals surface area (Å²) in [6.45, 7) is 2.52. The Morgan fingerprint density at radius 3 is 2.61 bits per heavy atom. The second-order valence-electron chi connectivity index (χ2n) is 5.04. The number of nitrogens with zero attached hydrogens (tertiary/aromatic N) is 1. The van der Waals surface area contributed by atoms with E-state index in [9.17, 15) is 8.78 Å². The molecule has 1 aliphatic rings. The Morgan fingerprint density at radius 2 is 1.94 bits per heavy atom. The number of likely N-dealkylation sites (N-methyl/N-ethyl adjacent to an activating group) is 1. The van der Waals surface area contributed by atoms with Crippen LogP contribution in [0.25, 0.3) is 0 Å². The predicted octanol–water partition coefficient (Wildman–Crippen LogP) is 2.54. The second kappa shape index (κ2) is 6.25. The molecule has 1 aliphatic heterocycles. The summed E-state index contributed by atoms with van der Waals surface area (Å²) in [5, 5.41) is 3.28. The molecular formula is C14H20F2N2. The van der Waals surface area contributed by atoms with Crippen LogP contribution in [0.4, 0.5) is 8.78 Å². The molecule has 0 amide bonds. The number of nitrogens with one attached hydrogen (secondary N) is 1. The Hall–Kier alpha value is -1.00. The third-order valence-corrected chi connectivity index (χ3v) is 3.55. The van der Waals surface area contributed by atoms with Crippen molar-refractivity contribution in [3.63, 3.8) is 0 Å². The van der Waals surface area contributed by atoms with Gasteiger partial charge in [0, 0.05) is 25.2 Å². The van der Waals surface area contributed by atoms with Gasteiger partial charge < -0.3 is 10.2 Å². The third-order valence-electron chi connectivity index (χ3n) is 3.55. The number of halogens is 2. The maximum Gasteiger partial charge on any atom is 0.126 e. The molecule has 0 aromatic heterocycles. The molecule has 1 saturated heterocycles. The van der Waals surface area contributed by atoms with Gasteiger partial charge in [-0.15, -0.1) is 0 Å². The zero-order valence-electron chi connectivity index (χ0n) is 10.8. The molecule has 0 bridgehead atoms. The van der Waals surface area contributed by atoms with Gasteiger partial charge in [0.05, 0.1) is 0 Å². The summed E-state index contributed by atoms with van der Waals surface area (Å²) < 4.78 is 26.0. The highest BCUT2D eigenvalue weighted by molar-refractivity contribution is 5.17. The molecule has 100 valence electrons. The van der Waals surface area contributed by atoms with Crippen LogP contribution in [0.15, 0.2) is 18.2 Å². The Bertz CT molecular complexity index is 375. The first kappa shape index (κ1) is 13.4. The Kier molecular flexibility index (Phi) is 4.66. The van der Waals surface area contributed by atoms with Crippen LogP contribution in [-0.4, -0.2) is 31.1 Å². The van der Waals surface area contributed by atoms with Gasteiger partial charge in [-0.05, 0) is 44.1 Å². The fraction of sp³-hybridized carbons (Fsp3) is 0.571. The molecule has 1 aromatic carbocycles. The van der Waals surface area contributed by atoms with Crippen LogP contribution in [-0.2, 0) is 6.54 Å².